The third kappa shape index (κ3) is 5.42. The number of rotatable bonds is 5. The molecule has 2 N–H and O–H groups in total. The van der Waals surface area contributed by atoms with Crippen molar-refractivity contribution in [2.45, 2.75) is 39.7 Å². The first-order valence-electron chi connectivity index (χ1n) is 6.38. The molecule has 19 heavy (non-hydrogen) atoms. The van der Waals surface area contributed by atoms with E-state index in [0.717, 1.165) is 6.42 Å². The molecule has 0 aliphatic heterocycles. The Bertz CT molecular complexity index is 444. The fourth-order valence-electron chi connectivity index (χ4n) is 1.47. The average molecular weight is 264 g/mol. The fourth-order valence-corrected chi connectivity index (χ4v) is 1.47. The molecule has 0 saturated heterocycles. The van der Waals surface area contributed by atoms with Crippen LogP contribution in [0.4, 0.5) is 0 Å². The van der Waals surface area contributed by atoms with E-state index in [4.69, 9.17) is 4.74 Å². The van der Waals surface area contributed by atoms with Gasteiger partial charge in [-0.1, -0.05) is 13.0 Å². The number of carbonyl (C=O) groups excluding carboxylic acids is 2. The number of hydrogen-bond acceptors (Lipinski definition) is 3. The summed E-state index contributed by atoms with van der Waals surface area (Å²) >= 11 is 0. The van der Waals surface area contributed by atoms with Crippen molar-refractivity contribution >= 4 is 11.8 Å². The summed E-state index contributed by atoms with van der Waals surface area (Å²) in [6.07, 6.45) is 1.17. The van der Waals surface area contributed by atoms with Gasteiger partial charge in [-0.3, -0.25) is 20.4 Å². The predicted octanol–water partition coefficient (Wildman–Crippen LogP) is 2.03. The van der Waals surface area contributed by atoms with Gasteiger partial charge in [0.2, 0.25) is 5.91 Å². The fraction of sp³-hybridized carbons (Fsp3) is 0.429. The highest BCUT2D eigenvalue weighted by atomic mass is 16.5. The van der Waals surface area contributed by atoms with E-state index in [-0.39, 0.29) is 17.9 Å². The Labute approximate surface area is 113 Å². The molecule has 0 fully saturated rings. The molecule has 0 aliphatic rings. The maximum absolute atomic E-state index is 11.8. The minimum atomic E-state index is -0.362. The molecule has 0 aliphatic carbocycles. The largest absolute Gasteiger partial charge is 0.491 e. The summed E-state index contributed by atoms with van der Waals surface area (Å²) in [6, 6.07) is 6.82. The van der Waals surface area contributed by atoms with Gasteiger partial charge in [-0.05, 0) is 38.5 Å². The summed E-state index contributed by atoms with van der Waals surface area (Å²) in [5.41, 5.74) is 5.17. The first-order chi connectivity index (χ1) is 9.02. The third-order valence-electron chi connectivity index (χ3n) is 2.26. The standard InChI is InChI=1S/C14H20N2O3/c1-4-6-13(17)15-16-14(18)11-7-5-8-12(9-11)19-10(2)3/h5,7-10H,4,6H2,1-3H3,(H,15,17)(H,16,18). The van der Waals surface area contributed by atoms with Crippen LogP contribution < -0.4 is 15.6 Å². The molecule has 1 aromatic rings. The van der Waals surface area contributed by atoms with Crippen molar-refractivity contribution in [1.82, 2.24) is 10.9 Å². The average Bonchev–Trinajstić information content (AvgIpc) is 2.36. The lowest BCUT2D eigenvalue weighted by molar-refractivity contribution is -0.121. The van der Waals surface area contributed by atoms with Crippen LogP contribution in [0.3, 0.4) is 0 Å². The Kier molecular flexibility index (Phi) is 5.85. The quantitative estimate of drug-likeness (QED) is 0.800. The second-order valence-electron chi connectivity index (χ2n) is 4.45. The van der Waals surface area contributed by atoms with E-state index in [2.05, 4.69) is 10.9 Å². The van der Waals surface area contributed by atoms with Gasteiger partial charge in [0.05, 0.1) is 6.10 Å². The Morgan fingerprint density at radius 2 is 2.00 bits per heavy atom. The van der Waals surface area contributed by atoms with Crippen LogP contribution >= 0.6 is 0 Å². The van der Waals surface area contributed by atoms with E-state index in [1.54, 1.807) is 24.3 Å². The molecule has 0 unspecified atom stereocenters. The Morgan fingerprint density at radius 3 is 2.63 bits per heavy atom. The first-order valence-corrected chi connectivity index (χ1v) is 6.38. The van der Waals surface area contributed by atoms with Gasteiger partial charge in [0.25, 0.3) is 5.91 Å². The normalized spacial score (nSPS) is 10.1. The van der Waals surface area contributed by atoms with Crippen molar-refractivity contribution in [2.24, 2.45) is 0 Å². The molecule has 5 nitrogen and oxygen atoms in total. The molecule has 0 spiro atoms. The van der Waals surface area contributed by atoms with Crippen LogP contribution in [0.25, 0.3) is 0 Å². The monoisotopic (exact) mass is 264 g/mol. The van der Waals surface area contributed by atoms with Crippen molar-refractivity contribution in [2.75, 3.05) is 0 Å². The third-order valence-corrected chi connectivity index (χ3v) is 2.26. The summed E-state index contributed by atoms with van der Waals surface area (Å²) in [5, 5.41) is 0. The predicted molar refractivity (Wildman–Crippen MR) is 72.7 cm³/mol. The molecule has 0 aromatic heterocycles. The number of hydrazine groups is 1. The second-order valence-corrected chi connectivity index (χ2v) is 4.45. The lowest BCUT2D eigenvalue weighted by atomic mass is 10.2. The van der Waals surface area contributed by atoms with Crippen LogP contribution in [0.5, 0.6) is 5.75 Å². The van der Waals surface area contributed by atoms with E-state index in [0.29, 0.717) is 17.7 Å². The van der Waals surface area contributed by atoms with E-state index in [9.17, 15) is 9.59 Å². The van der Waals surface area contributed by atoms with Crippen LogP contribution in [-0.2, 0) is 4.79 Å². The minimum absolute atomic E-state index is 0.0440. The van der Waals surface area contributed by atoms with Gasteiger partial charge in [-0.15, -0.1) is 0 Å². The zero-order valence-corrected chi connectivity index (χ0v) is 11.5. The zero-order chi connectivity index (χ0) is 14.3. The first kappa shape index (κ1) is 15.0. The summed E-state index contributed by atoms with van der Waals surface area (Å²) in [6.45, 7) is 5.73. The number of ether oxygens (including phenoxy) is 1. The molecule has 0 heterocycles. The molecule has 0 bridgehead atoms. The number of benzene rings is 1. The number of amides is 2. The number of nitrogens with one attached hydrogen (secondary N) is 2. The molecule has 104 valence electrons. The van der Waals surface area contributed by atoms with E-state index >= 15 is 0 Å². The van der Waals surface area contributed by atoms with Crippen LogP contribution in [0.15, 0.2) is 24.3 Å². The van der Waals surface area contributed by atoms with Gasteiger partial charge < -0.3 is 4.74 Å². The van der Waals surface area contributed by atoms with Crippen LogP contribution in [0.1, 0.15) is 44.0 Å². The highest BCUT2D eigenvalue weighted by molar-refractivity contribution is 5.95. The molecule has 0 saturated carbocycles. The molecule has 0 radical (unpaired) electrons. The van der Waals surface area contributed by atoms with Gasteiger partial charge in [0.15, 0.2) is 0 Å². The minimum Gasteiger partial charge on any atom is -0.491 e. The van der Waals surface area contributed by atoms with Gasteiger partial charge in [-0.25, -0.2) is 0 Å². The number of carbonyl (C=O) groups is 2. The molecule has 1 aromatic carbocycles. The van der Waals surface area contributed by atoms with Crippen molar-refractivity contribution in [1.29, 1.82) is 0 Å². The van der Waals surface area contributed by atoms with Gasteiger partial charge in [-0.2, -0.15) is 0 Å². The zero-order valence-electron chi connectivity index (χ0n) is 11.5. The van der Waals surface area contributed by atoms with Crippen LogP contribution in [-0.4, -0.2) is 17.9 Å². The van der Waals surface area contributed by atoms with Crippen molar-refractivity contribution in [3.8, 4) is 5.75 Å². The molecule has 0 atom stereocenters. The molecule has 2 amide bonds. The Morgan fingerprint density at radius 1 is 1.26 bits per heavy atom. The van der Waals surface area contributed by atoms with Crippen molar-refractivity contribution in [3.63, 3.8) is 0 Å². The topological polar surface area (TPSA) is 67.4 Å². The summed E-state index contributed by atoms with van der Waals surface area (Å²) in [7, 11) is 0. The highest BCUT2D eigenvalue weighted by Crippen LogP contribution is 2.14. The Hall–Kier alpha value is -2.04. The summed E-state index contributed by atoms with van der Waals surface area (Å²) in [5.74, 6) is 0.0617. The second kappa shape index (κ2) is 7.41. The van der Waals surface area contributed by atoms with E-state index in [1.165, 1.54) is 0 Å². The summed E-state index contributed by atoms with van der Waals surface area (Å²) < 4.78 is 5.50. The van der Waals surface area contributed by atoms with E-state index < -0.39 is 0 Å². The molecular weight excluding hydrogens is 244 g/mol. The van der Waals surface area contributed by atoms with Gasteiger partial charge in [0.1, 0.15) is 5.75 Å². The summed E-state index contributed by atoms with van der Waals surface area (Å²) in [4.78, 5) is 23.1. The van der Waals surface area contributed by atoms with E-state index in [1.807, 2.05) is 20.8 Å². The van der Waals surface area contributed by atoms with Crippen LogP contribution in [0, 0.1) is 0 Å². The smallest absolute Gasteiger partial charge is 0.269 e. The van der Waals surface area contributed by atoms with Crippen molar-refractivity contribution < 1.29 is 14.3 Å². The Balaban J connectivity index is 2.59. The maximum Gasteiger partial charge on any atom is 0.269 e. The number of hydrogen-bond donors (Lipinski definition) is 2. The molecule has 5 heteroatoms. The SMILES string of the molecule is CCCC(=O)NNC(=O)c1cccc(OC(C)C)c1. The lowest BCUT2D eigenvalue weighted by Crippen LogP contribution is -2.41. The van der Waals surface area contributed by atoms with Gasteiger partial charge >= 0.3 is 0 Å². The van der Waals surface area contributed by atoms with Crippen LogP contribution in [0.2, 0.25) is 0 Å². The lowest BCUT2D eigenvalue weighted by Gasteiger charge is -2.11. The maximum atomic E-state index is 11.8. The van der Waals surface area contributed by atoms with Crippen molar-refractivity contribution in [3.05, 3.63) is 29.8 Å². The highest BCUT2D eigenvalue weighted by Gasteiger charge is 2.08. The molecular formula is C14H20N2O3. The van der Waals surface area contributed by atoms with Gasteiger partial charge in [0, 0.05) is 12.0 Å². The molecule has 1 rings (SSSR count).